The highest BCUT2D eigenvalue weighted by Crippen LogP contribution is 2.18. The highest BCUT2D eigenvalue weighted by Gasteiger charge is 2.22. The molecule has 0 spiro atoms. The highest BCUT2D eigenvalue weighted by atomic mass is 16.5. The van der Waals surface area contributed by atoms with Gasteiger partial charge >= 0.3 is 5.97 Å². The number of aromatic nitrogens is 1. The molecule has 0 aromatic carbocycles. The monoisotopic (exact) mass is 223 g/mol. The number of hydrogen-bond acceptors (Lipinski definition) is 3. The van der Waals surface area contributed by atoms with Crippen LogP contribution in [0.25, 0.3) is 0 Å². The first kappa shape index (κ1) is 12.5. The standard InChI is InChI=1S/C12H17NO3/c1-8(2)10(12(14)15)7-9-5-4-6-11(13-9)16-3/h4-6,8,10H,7H2,1-3H3,(H,14,15). The fourth-order valence-electron chi connectivity index (χ4n) is 1.52. The number of pyridine rings is 1. The Morgan fingerprint density at radius 1 is 1.50 bits per heavy atom. The molecule has 0 saturated carbocycles. The molecule has 0 radical (unpaired) electrons. The van der Waals surface area contributed by atoms with E-state index in [1.807, 2.05) is 26.0 Å². The van der Waals surface area contributed by atoms with Gasteiger partial charge in [-0.1, -0.05) is 19.9 Å². The lowest BCUT2D eigenvalue weighted by Crippen LogP contribution is -2.22. The summed E-state index contributed by atoms with van der Waals surface area (Å²) in [5.41, 5.74) is 0.750. The Morgan fingerprint density at radius 2 is 2.19 bits per heavy atom. The predicted molar refractivity (Wildman–Crippen MR) is 60.5 cm³/mol. The van der Waals surface area contributed by atoms with Crippen LogP contribution in [0.2, 0.25) is 0 Å². The molecule has 0 amide bonds. The topological polar surface area (TPSA) is 59.4 Å². The van der Waals surface area contributed by atoms with Crippen LogP contribution in [0.5, 0.6) is 5.88 Å². The predicted octanol–water partition coefficient (Wildman–Crippen LogP) is 1.99. The van der Waals surface area contributed by atoms with Gasteiger partial charge in [0.25, 0.3) is 0 Å². The van der Waals surface area contributed by atoms with Gasteiger partial charge in [-0.3, -0.25) is 4.79 Å². The van der Waals surface area contributed by atoms with Crippen LogP contribution in [0.15, 0.2) is 18.2 Å². The summed E-state index contributed by atoms with van der Waals surface area (Å²) in [6, 6.07) is 5.38. The number of methoxy groups -OCH3 is 1. The number of carbonyl (C=O) groups is 1. The van der Waals surface area contributed by atoms with Gasteiger partial charge in [-0.05, 0) is 12.0 Å². The lowest BCUT2D eigenvalue weighted by Gasteiger charge is -2.15. The minimum atomic E-state index is -0.778. The summed E-state index contributed by atoms with van der Waals surface area (Å²) in [6.45, 7) is 3.80. The molecule has 0 aliphatic heterocycles. The van der Waals surface area contributed by atoms with E-state index in [4.69, 9.17) is 9.84 Å². The van der Waals surface area contributed by atoms with Crippen molar-refractivity contribution in [3.63, 3.8) is 0 Å². The molecule has 1 N–H and O–H groups in total. The Kier molecular flexibility index (Phi) is 4.28. The molecule has 88 valence electrons. The molecule has 1 rings (SSSR count). The molecular weight excluding hydrogens is 206 g/mol. The number of ether oxygens (including phenoxy) is 1. The first-order valence-electron chi connectivity index (χ1n) is 5.27. The molecule has 0 aliphatic carbocycles. The first-order valence-corrected chi connectivity index (χ1v) is 5.27. The van der Waals surface area contributed by atoms with Crippen molar-refractivity contribution in [3.05, 3.63) is 23.9 Å². The van der Waals surface area contributed by atoms with Gasteiger partial charge in [-0.15, -0.1) is 0 Å². The Bertz CT molecular complexity index is 363. The number of nitrogens with zero attached hydrogens (tertiary/aromatic N) is 1. The molecule has 1 unspecified atom stereocenters. The Hall–Kier alpha value is -1.58. The lowest BCUT2D eigenvalue weighted by molar-refractivity contribution is -0.143. The number of aliphatic carboxylic acids is 1. The van der Waals surface area contributed by atoms with Crippen LogP contribution in [-0.2, 0) is 11.2 Å². The summed E-state index contributed by atoms with van der Waals surface area (Å²) in [6.07, 6.45) is 0.435. The molecule has 0 bridgehead atoms. The average molecular weight is 223 g/mol. The van der Waals surface area contributed by atoms with Gasteiger partial charge in [-0.2, -0.15) is 0 Å². The molecule has 0 fully saturated rings. The summed E-state index contributed by atoms with van der Waals surface area (Å²) >= 11 is 0. The lowest BCUT2D eigenvalue weighted by atomic mass is 9.91. The number of carboxylic acid groups (broad SMARTS) is 1. The minimum Gasteiger partial charge on any atom is -0.481 e. The van der Waals surface area contributed by atoms with E-state index < -0.39 is 11.9 Å². The molecule has 4 nitrogen and oxygen atoms in total. The van der Waals surface area contributed by atoms with Crippen molar-refractivity contribution < 1.29 is 14.6 Å². The van der Waals surface area contributed by atoms with E-state index in [1.165, 1.54) is 0 Å². The maximum absolute atomic E-state index is 11.0. The third-order valence-electron chi connectivity index (χ3n) is 2.54. The van der Waals surface area contributed by atoms with Gasteiger partial charge in [0, 0.05) is 18.2 Å². The smallest absolute Gasteiger partial charge is 0.307 e. The molecule has 1 heterocycles. The van der Waals surface area contributed by atoms with E-state index >= 15 is 0 Å². The second-order valence-electron chi connectivity index (χ2n) is 4.06. The molecule has 1 aromatic rings. The maximum atomic E-state index is 11.0. The molecular formula is C12H17NO3. The molecule has 1 aromatic heterocycles. The Labute approximate surface area is 95.3 Å². The Morgan fingerprint density at radius 3 is 2.69 bits per heavy atom. The SMILES string of the molecule is COc1cccc(CC(C(=O)O)C(C)C)n1. The number of rotatable bonds is 5. The van der Waals surface area contributed by atoms with Gasteiger partial charge < -0.3 is 9.84 Å². The second kappa shape index (κ2) is 5.49. The van der Waals surface area contributed by atoms with Gasteiger partial charge in [0.2, 0.25) is 5.88 Å². The second-order valence-corrected chi connectivity index (χ2v) is 4.06. The number of carboxylic acids is 1. The summed E-state index contributed by atoms with van der Waals surface area (Å²) in [4.78, 5) is 15.3. The minimum absolute atomic E-state index is 0.0884. The maximum Gasteiger partial charge on any atom is 0.307 e. The van der Waals surface area contributed by atoms with Gasteiger partial charge in [0.15, 0.2) is 0 Å². The summed E-state index contributed by atoms with van der Waals surface area (Å²) in [7, 11) is 1.54. The number of hydrogen-bond donors (Lipinski definition) is 1. The molecule has 1 atom stereocenters. The summed E-state index contributed by atoms with van der Waals surface area (Å²) in [5.74, 6) is -0.574. The van der Waals surface area contributed by atoms with Gasteiger partial charge in [-0.25, -0.2) is 4.98 Å². The zero-order valence-corrected chi connectivity index (χ0v) is 9.80. The van der Waals surface area contributed by atoms with E-state index in [-0.39, 0.29) is 5.92 Å². The molecule has 16 heavy (non-hydrogen) atoms. The van der Waals surface area contributed by atoms with Crippen molar-refractivity contribution >= 4 is 5.97 Å². The van der Waals surface area contributed by atoms with Crippen LogP contribution >= 0.6 is 0 Å². The largest absolute Gasteiger partial charge is 0.481 e. The third kappa shape index (κ3) is 3.22. The van der Waals surface area contributed by atoms with E-state index in [0.717, 1.165) is 5.69 Å². The van der Waals surface area contributed by atoms with E-state index in [0.29, 0.717) is 12.3 Å². The van der Waals surface area contributed by atoms with Crippen LogP contribution in [0, 0.1) is 11.8 Å². The van der Waals surface area contributed by atoms with E-state index in [9.17, 15) is 4.79 Å². The van der Waals surface area contributed by atoms with Crippen LogP contribution in [0.1, 0.15) is 19.5 Å². The van der Waals surface area contributed by atoms with Crippen molar-refractivity contribution in [2.24, 2.45) is 11.8 Å². The van der Waals surface area contributed by atoms with Crippen molar-refractivity contribution in [1.29, 1.82) is 0 Å². The van der Waals surface area contributed by atoms with E-state index in [1.54, 1.807) is 13.2 Å². The summed E-state index contributed by atoms with van der Waals surface area (Å²) in [5, 5.41) is 9.07. The van der Waals surface area contributed by atoms with Gasteiger partial charge in [0.05, 0.1) is 13.0 Å². The van der Waals surface area contributed by atoms with Crippen molar-refractivity contribution in [3.8, 4) is 5.88 Å². The molecule has 0 aliphatic rings. The zero-order chi connectivity index (χ0) is 12.1. The van der Waals surface area contributed by atoms with Crippen LogP contribution in [0.3, 0.4) is 0 Å². The quantitative estimate of drug-likeness (QED) is 0.829. The van der Waals surface area contributed by atoms with Crippen LogP contribution < -0.4 is 4.74 Å². The normalized spacial score (nSPS) is 12.5. The molecule has 4 heteroatoms. The zero-order valence-electron chi connectivity index (χ0n) is 9.80. The van der Waals surface area contributed by atoms with Crippen molar-refractivity contribution in [1.82, 2.24) is 4.98 Å². The van der Waals surface area contributed by atoms with Crippen molar-refractivity contribution in [2.45, 2.75) is 20.3 Å². The highest BCUT2D eigenvalue weighted by molar-refractivity contribution is 5.70. The Balaban J connectivity index is 2.81. The van der Waals surface area contributed by atoms with Crippen LogP contribution in [-0.4, -0.2) is 23.2 Å². The summed E-state index contributed by atoms with van der Waals surface area (Å²) < 4.78 is 5.00. The average Bonchev–Trinajstić information content (AvgIpc) is 2.25. The first-order chi connectivity index (χ1) is 7.54. The van der Waals surface area contributed by atoms with E-state index in [2.05, 4.69) is 4.98 Å². The van der Waals surface area contributed by atoms with Crippen LogP contribution in [0.4, 0.5) is 0 Å². The van der Waals surface area contributed by atoms with Gasteiger partial charge in [0.1, 0.15) is 0 Å². The fourth-order valence-corrected chi connectivity index (χ4v) is 1.52. The third-order valence-corrected chi connectivity index (χ3v) is 2.54. The van der Waals surface area contributed by atoms with Crippen molar-refractivity contribution in [2.75, 3.05) is 7.11 Å². The molecule has 0 saturated heterocycles. The fraction of sp³-hybridized carbons (Fsp3) is 0.500.